The minimum absolute atomic E-state index is 0. The van der Waals surface area contributed by atoms with E-state index in [2.05, 4.69) is 4.98 Å². The summed E-state index contributed by atoms with van der Waals surface area (Å²) in [4.78, 5) is 24.3. The van der Waals surface area contributed by atoms with E-state index in [1.54, 1.807) is 28.8 Å². The number of amides is 1. The zero-order chi connectivity index (χ0) is 23.3. The van der Waals surface area contributed by atoms with Gasteiger partial charge < -0.3 is 9.30 Å². The lowest BCUT2D eigenvalue weighted by molar-refractivity contribution is 0.0986. The van der Waals surface area contributed by atoms with Crippen molar-refractivity contribution in [2.45, 2.75) is 19.9 Å². The number of ether oxygens (including phenoxy) is 1. The predicted octanol–water partition coefficient (Wildman–Crippen LogP) is 6.75. The average Bonchev–Trinajstić information content (AvgIpc) is 3.53. The van der Waals surface area contributed by atoms with E-state index in [1.165, 1.54) is 0 Å². The van der Waals surface area contributed by atoms with Crippen molar-refractivity contribution in [2.75, 3.05) is 11.4 Å². The number of nitrogens with zero attached hydrogens (tertiary/aromatic N) is 4. The number of benzene rings is 3. The van der Waals surface area contributed by atoms with Crippen LogP contribution in [0.1, 0.15) is 22.3 Å². The van der Waals surface area contributed by atoms with Crippen LogP contribution >= 0.6 is 23.7 Å². The standard InChI is InChI=1S/C27H24N4O2S.ClH/c1-20-7-5-10-24-25(20)29-27(34-24)31(17-6-16-30-18-15-28-19-30)26(32)21-11-13-23(14-12-21)33-22-8-3-2-4-9-22;/h2-5,7-15,18-19H,6,16-17H2,1H3;1H. The van der Waals surface area contributed by atoms with Crippen LogP contribution in [0.5, 0.6) is 11.5 Å². The van der Waals surface area contributed by atoms with Gasteiger partial charge in [-0.2, -0.15) is 0 Å². The number of halogens is 1. The Morgan fingerprint density at radius 2 is 1.77 bits per heavy atom. The van der Waals surface area contributed by atoms with E-state index in [9.17, 15) is 4.79 Å². The maximum Gasteiger partial charge on any atom is 0.260 e. The Balaban J connectivity index is 0.00000289. The molecule has 0 fully saturated rings. The number of imidazole rings is 1. The maximum absolute atomic E-state index is 13.6. The summed E-state index contributed by atoms with van der Waals surface area (Å²) < 4.78 is 8.97. The molecular formula is C27H25ClN4O2S. The third-order valence-corrected chi connectivity index (χ3v) is 6.57. The maximum atomic E-state index is 13.6. The molecule has 2 aromatic heterocycles. The molecule has 178 valence electrons. The highest BCUT2D eigenvalue weighted by atomic mass is 35.5. The fourth-order valence-corrected chi connectivity index (χ4v) is 4.82. The number of carbonyl (C=O) groups is 1. The fourth-order valence-electron chi connectivity index (χ4n) is 3.75. The first kappa shape index (κ1) is 24.4. The van der Waals surface area contributed by atoms with Crippen LogP contribution in [0.3, 0.4) is 0 Å². The van der Waals surface area contributed by atoms with Gasteiger partial charge in [-0.1, -0.05) is 41.7 Å². The van der Waals surface area contributed by atoms with E-state index < -0.39 is 0 Å². The average molecular weight is 505 g/mol. The molecule has 2 heterocycles. The summed E-state index contributed by atoms with van der Waals surface area (Å²) in [6.45, 7) is 3.37. The van der Waals surface area contributed by atoms with E-state index in [1.807, 2.05) is 90.5 Å². The number of para-hydroxylation sites is 2. The highest BCUT2D eigenvalue weighted by Crippen LogP contribution is 2.32. The minimum Gasteiger partial charge on any atom is -0.457 e. The lowest BCUT2D eigenvalue weighted by Crippen LogP contribution is -2.32. The Bertz CT molecular complexity index is 1390. The van der Waals surface area contributed by atoms with Gasteiger partial charge in [0.1, 0.15) is 11.5 Å². The van der Waals surface area contributed by atoms with Gasteiger partial charge in [-0.15, -0.1) is 12.4 Å². The van der Waals surface area contributed by atoms with Crippen molar-refractivity contribution >= 4 is 45.0 Å². The van der Waals surface area contributed by atoms with Crippen LogP contribution in [0.25, 0.3) is 10.2 Å². The smallest absolute Gasteiger partial charge is 0.260 e. The molecule has 1 amide bonds. The summed E-state index contributed by atoms with van der Waals surface area (Å²) in [5.74, 6) is 1.37. The van der Waals surface area contributed by atoms with Crippen molar-refractivity contribution in [1.82, 2.24) is 14.5 Å². The molecule has 0 unspecified atom stereocenters. The monoisotopic (exact) mass is 504 g/mol. The van der Waals surface area contributed by atoms with Gasteiger partial charge in [0.05, 0.1) is 16.5 Å². The molecule has 0 bridgehead atoms. The molecule has 0 saturated heterocycles. The molecule has 0 radical (unpaired) electrons. The molecule has 5 rings (SSSR count). The van der Waals surface area contributed by atoms with Gasteiger partial charge in [0, 0.05) is 31.0 Å². The molecule has 0 spiro atoms. The fraction of sp³-hybridized carbons (Fsp3) is 0.148. The largest absolute Gasteiger partial charge is 0.457 e. The van der Waals surface area contributed by atoms with Gasteiger partial charge in [-0.3, -0.25) is 9.69 Å². The summed E-state index contributed by atoms with van der Waals surface area (Å²) in [5, 5.41) is 0.713. The lowest BCUT2D eigenvalue weighted by Gasteiger charge is -2.20. The van der Waals surface area contributed by atoms with Gasteiger partial charge in [0.15, 0.2) is 5.13 Å². The molecule has 8 heteroatoms. The SMILES string of the molecule is Cc1cccc2sc(N(CCCn3ccnc3)C(=O)c3ccc(Oc4ccccc4)cc3)nc12.Cl. The number of aromatic nitrogens is 3. The van der Waals surface area contributed by atoms with Crippen molar-refractivity contribution in [2.24, 2.45) is 0 Å². The minimum atomic E-state index is -0.0754. The molecule has 5 aromatic rings. The molecule has 3 aromatic carbocycles. The second-order valence-electron chi connectivity index (χ2n) is 7.97. The van der Waals surface area contributed by atoms with Crippen LogP contribution in [0, 0.1) is 6.92 Å². The topological polar surface area (TPSA) is 60.2 Å². The van der Waals surface area contributed by atoms with Crippen LogP contribution in [-0.4, -0.2) is 27.0 Å². The highest BCUT2D eigenvalue weighted by molar-refractivity contribution is 7.22. The van der Waals surface area contributed by atoms with E-state index in [4.69, 9.17) is 9.72 Å². The zero-order valence-corrected chi connectivity index (χ0v) is 20.8. The Hall–Kier alpha value is -3.68. The summed E-state index contributed by atoms with van der Waals surface area (Å²) in [6.07, 6.45) is 6.27. The van der Waals surface area contributed by atoms with Crippen molar-refractivity contribution in [3.8, 4) is 11.5 Å². The van der Waals surface area contributed by atoms with Gasteiger partial charge in [-0.05, 0) is 61.4 Å². The molecule has 0 N–H and O–H groups in total. The molecule has 35 heavy (non-hydrogen) atoms. The van der Waals surface area contributed by atoms with E-state index >= 15 is 0 Å². The van der Waals surface area contributed by atoms with Crippen LogP contribution in [0.2, 0.25) is 0 Å². The number of hydrogen-bond acceptors (Lipinski definition) is 5. The number of fused-ring (bicyclic) bond motifs is 1. The van der Waals surface area contributed by atoms with Crippen LogP contribution in [0.4, 0.5) is 5.13 Å². The van der Waals surface area contributed by atoms with Crippen molar-refractivity contribution in [3.05, 3.63) is 103 Å². The highest BCUT2D eigenvalue weighted by Gasteiger charge is 2.21. The second kappa shape index (κ2) is 11.2. The molecule has 0 atom stereocenters. The molecular weight excluding hydrogens is 480 g/mol. The van der Waals surface area contributed by atoms with Crippen molar-refractivity contribution < 1.29 is 9.53 Å². The summed E-state index contributed by atoms with van der Waals surface area (Å²) in [7, 11) is 0. The quantitative estimate of drug-likeness (QED) is 0.234. The van der Waals surface area contributed by atoms with Gasteiger partial charge in [0.25, 0.3) is 5.91 Å². The number of rotatable bonds is 8. The third-order valence-electron chi connectivity index (χ3n) is 5.52. The van der Waals surface area contributed by atoms with Crippen LogP contribution in [-0.2, 0) is 6.54 Å². The van der Waals surface area contributed by atoms with Crippen LogP contribution in [0.15, 0.2) is 91.5 Å². The number of hydrogen-bond donors (Lipinski definition) is 0. The Morgan fingerprint density at radius 3 is 2.49 bits per heavy atom. The van der Waals surface area contributed by atoms with E-state index in [0.717, 1.165) is 34.5 Å². The Kier molecular flexibility index (Phi) is 7.80. The van der Waals surface area contributed by atoms with Crippen molar-refractivity contribution in [1.29, 1.82) is 0 Å². The lowest BCUT2D eigenvalue weighted by atomic mass is 10.2. The number of anilines is 1. The summed E-state index contributed by atoms with van der Waals surface area (Å²) in [6, 6.07) is 23.0. The first-order chi connectivity index (χ1) is 16.7. The van der Waals surface area contributed by atoms with E-state index in [0.29, 0.717) is 23.0 Å². The third kappa shape index (κ3) is 5.70. The predicted molar refractivity (Wildman–Crippen MR) is 143 cm³/mol. The zero-order valence-electron chi connectivity index (χ0n) is 19.2. The number of thiazole rings is 1. The van der Waals surface area contributed by atoms with Gasteiger partial charge in [0.2, 0.25) is 0 Å². The molecule has 6 nitrogen and oxygen atoms in total. The number of aryl methyl sites for hydroxylation is 2. The molecule has 0 aliphatic heterocycles. The first-order valence-corrected chi connectivity index (χ1v) is 12.0. The Morgan fingerprint density at radius 1 is 1.00 bits per heavy atom. The second-order valence-corrected chi connectivity index (χ2v) is 8.98. The van der Waals surface area contributed by atoms with E-state index in [-0.39, 0.29) is 18.3 Å². The molecule has 0 aliphatic carbocycles. The first-order valence-electron chi connectivity index (χ1n) is 11.1. The normalized spacial score (nSPS) is 10.7. The summed E-state index contributed by atoms with van der Waals surface area (Å²) in [5.41, 5.74) is 2.65. The Labute approximate surface area is 214 Å². The van der Waals surface area contributed by atoms with Gasteiger partial charge >= 0.3 is 0 Å². The summed E-state index contributed by atoms with van der Waals surface area (Å²) >= 11 is 1.55. The van der Waals surface area contributed by atoms with Crippen LogP contribution < -0.4 is 9.64 Å². The van der Waals surface area contributed by atoms with Crippen molar-refractivity contribution in [3.63, 3.8) is 0 Å². The number of carbonyl (C=O) groups excluding carboxylic acids is 1. The molecule has 0 aliphatic rings. The molecule has 0 saturated carbocycles. The van der Waals surface area contributed by atoms with Gasteiger partial charge in [-0.25, -0.2) is 9.97 Å².